The zero-order valence-electron chi connectivity index (χ0n) is 9.24. The zero-order valence-corrected chi connectivity index (χ0v) is 10.0. The smallest absolute Gasteiger partial charge is 0.162 e. The molecule has 0 radical (unpaired) electrons. The van der Waals surface area contributed by atoms with Gasteiger partial charge < -0.3 is 5.73 Å². The van der Waals surface area contributed by atoms with Crippen LogP contribution < -0.4 is 5.73 Å². The van der Waals surface area contributed by atoms with Gasteiger partial charge in [0, 0.05) is 17.3 Å². The first-order valence-corrected chi connectivity index (χ1v) is 5.48. The molecule has 0 aliphatic carbocycles. The number of benzene rings is 1. The van der Waals surface area contributed by atoms with Crippen molar-refractivity contribution in [1.29, 1.82) is 0 Å². The number of nitrogens with two attached hydrogens (primary N) is 1. The molecule has 1 aromatic carbocycles. The van der Waals surface area contributed by atoms with E-state index >= 15 is 0 Å². The average molecular weight is 252 g/mol. The number of rotatable bonds is 2. The summed E-state index contributed by atoms with van der Waals surface area (Å²) >= 11 is 5.69. The summed E-state index contributed by atoms with van der Waals surface area (Å²) in [6.07, 6.45) is 0. The van der Waals surface area contributed by atoms with Crippen LogP contribution in [0.5, 0.6) is 0 Å². The Balaban J connectivity index is 2.55. The highest BCUT2D eigenvalue weighted by Crippen LogP contribution is 2.22. The van der Waals surface area contributed by atoms with Crippen LogP contribution in [0.1, 0.15) is 11.4 Å². The van der Waals surface area contributed by atoms with Crippen molar-refractivity contribution in [3.8, 4) is 11.4 Å². The Hall–Kier alpha value is -1.52. The van der Waals surface area contributed by atoms with E-state index in [0.717, 1.165) is 5.69 Å². The van der Waals surface area contributed by atoms with Crippen LogP contribution in [-0.2, 0) is 6.54 Å². The molecule has 5 heteroatoms. The fourth-order valence-corrected chi connectivity index (χ4v) is 1.69. The van der Waals surface area contributed by atoms with E-state index < -0.39 is 5.82 Å². The first-order valence-electron chi connectivity index (χ1n) is 5.10. The van der Waals surface area contributed by atoms with Crippen molar-refractivity contribution in [1.82, 2.24) is 9.97 Å². The van der Waals surface area contributed by atoms with Gasteiger partial charge in [-0.1, -0.05) is 11.6 Å². The second-order valence-electron chi connectivity index (χ2n) is 3.65. The molecule has 2 aromatic rings. The summed E-state index contributed by atoms with van der Waals surface area (Å²) in [5.41, 5.74) is 7.29. The molecule has 0 spiro atoms. The number of aromatic nitrogens is 2. The van der Waals surface area contributed by atoms with Crippen molar-refractivity contribution < 1.29 is 4.39 Å². The van der Waals surface area contributed by atoms with Crippen LogP contribution in [0.4, 0.5) is 4.39 Å². The van der Waals surface area contributed by atoms with Crippen LogP contribution in [0.25, 0.3) is 11.4 Å². The van der Waals surface area contributed by atoms with Gasteiger partial charge in [0.1, 0.15) is 5.82 Å². The second-order valence-corrected chi connectivity index (χ2v) is 4.09. The Labute approximate surface area is 103 Å². The third kappa shape index (κ3) is 2.60. The third-order valence-corrected chi connectivity index (χ3v) is 2.52. The molecule has 0 unspecified atom stereocenters. The lowest BCUT2D eigenvalue weighted by Crippen LogP contribution is -2.04. The fourth-order valence-electron chi connectivity index (χ4n) is 1.53. The second kappa shape index (κ2) is 4.77. The molecule has 0 aliphatic rings. The van der Waals surface area contributed by atoms with E-state index in [-0.39, 0.29) is 0 Å². The van der Waals surface area contributed by atoms with E-state index in [2.05, 4.69) is 9.97 Å². The Morgan fingerprint density at radius 1 is 1.29 bits per heavy atom. The molecule has 88 valence electrons. The van der Waals surface area contributed by atoms with Crippen LogP contribution in [-0.4, -0.2) is 9.97 Å². The van der Waals surface area contributed by atoms with Gasteiger partial charge in [0.2, 0.25) is 0 Å². The van der Waals surface area contributed by atoms with Crippen LogP contribution in [0.15, 0.2) is 24.3 Å². The highest BCUT2D eigenvalue weighted by molar-refractivity contribution is 6.30. The van der Waals surface area contributed by atoms with Crippen LogP contribution in [0, 0.1) is 12.7 Å². The van der Waals surface area contributed by atoms with Crippen molar-refractivity contribution in [2.75, 3.05) is 0 Å². The minimum absolute atomic E-state index is 0.297. The maximum absolute atomic E-state index is 13.7. The van der Waals surface area contributed by atoms with Gasteiger partial charge in [-0.05, 0) is 31.2 Å². The van der Waals surface area contributed by atoms with Crippen molar-refractivity contribution in [3.63, 3.8) is 0 Å². The molecule has 1 aromatic heterocycles. The van der Waals surface area contributed by atoms with Crippen LogP contribution in [0.2, 0.25) is 5.02 Å². The van der Waals surface area contributed by atoms with E-state index in [0.29, 0.717) is 28.6 Å². The third-order valence-electron chi connectivity index (χ3n) is 2.29. The molecule has 1 heterocycles. The molecule has 0 amide bonds. The molecule has 0 fully saturated rings. The Kier molecular flexibility index (Phi) is 3.36. The quantitative estimate of drug-likeness (QED) is 0.893. The minimum atomic E-state index is -0.439. The van der Waals surface area contributed by atoms with E-state index in [1.807, 2.05) is 6.92 Å². The summed E-state index contributed by atoms with van der Waals surface area (Å²) in [5.74, 6) is -0.106. The van der Waals surface area contributed by atoms with E-state index in [9.17, 15) is 4.39 Å². The first-order chi connectivity index (χ1) is 8.10. The molecule has 2 N–H and O–H groups in total. The SMILES string of the molecule is Cc1cc(CN)nc(-c2ccc(Cl)cc2F)n1. The van der Waals surface area contributed by atoms with Crippen molar-refractivity contribution >= 4 is 11.6 Å². The van der Waals surface area contributed by atoms with E-state index in [1.165, 1.54) is 6.07 Å². The number of aryl methyl sites for hydroxylation is 1. The zero-order chi connectivity index (χ0) is 12.4. The van der Waals surface area contributed by atoms with Crippen LogP contribution >= 0.6 is 11.6 Å². The van der Waals surface area contributed by atoms with Gasteiger partial charge in [-0.2, -0.15) is 0 Å². The Morgan fingerprint density at radius 3 is 2.71 bits per heavy atom. The maximum Gasteiger partial charge on any atom is 0.162 e. The summed E-state index contributed by atoms with van der Waals surface area (Å²) in [7, 11) is 0. The fraction of sp³-hybridized carbons (Fsp3) is 0.167. The van der Waals surface area contributed by atoms with Crippen molar-refractivity contribution in [3.05, 3.63) is 46.5 Å². The van der Waals surface area contributed by atoms with Gasteiger partial charge in [-0.3, -0.25) is 0 Å². The normalized spacial score (nSPS) is 10.6. The summed E-state index contributed by atoms with van der Waals surface area (Å²) < 4.78 is 13.7. The predicted octanol–water partition coefficient (Wildman–Crippen LogP) is 2.70. The van der Waals surface area contributed by atoms with E-state index in [1.54, 1.807) is 18.2 Å². The topological polar surface area (TPSA) is 51.8 Å². The molecule has 0 bridgehead atoms. The number of hydrogen-bond donors (Lipinski definition) is 1. The molecule has 3 nitrogen and oxygen atoms in total. The molecule has 2 rings (SSSR count). The summed E-state index contributed by atoms with van der Waals surface area (Å²) in [6.45, 7) is 2.11. The molecule has 0 saturated heterocycles. The van der Waals surface area contributed by atoms with Crippen LogP contribution in [0.3, 0.4) is 0 Å². The minimum Gasteiger partial charge on any atom is -0.325 e. The lowest BCUT2D eigenvalue weighted by Gasteiger charge is -2.05. The van der Waals surface area contributed by atoms with Gasteiger partial charge in [0.15, 0.2) is 5.82 Å². The molecular formula is C12H11ClFN3. The predicted molar refractivity (Wildman–Crippen MR) is 65.1 cm³/mol. The van der Waals surface area contributed by atoms with Gasteiger partial charge >= 0.3 is 0 Å². The summed E-state index contributed by atoms with van der Waals surface area (Å²) in [5, 5.41) is 0.345. The summed E-state index contributed by atoms with van der Waals surface area (Å²) in [4.78, 5) is 8.39. The van der Waals surface area contributed by atoms with Crippen molar-refractivity contribution in [2.45, 2.75) is 13.5 Å². The first kappa shape index (κ1) is 12.0. The average Bonchev–Trinajstić information content (AvgIpc) is 2.28. The molecular weight excluding hydrogens is 241 g/mol. The van der Waals surface area contributed by atoms with Crippen molar-refractivity contribution in [2.24, 2.45) is 5.73 Å². The maximum atomic E-state index is 13.7. The Morgan fingerprint density at radius 2 is 2.06 bits per heavy atom. The number of hydrogen-bond acceptors (Lipinski definition) is 3. The monoisotopic (exact) mass is 251 g/mol. The molecule has 0 saturated carbocycles. The number of halogens is 2. The lowest BCUT2D eigenvalue weighted by atomic mass is 10.2. The van der Waals surface area contributed by atoms with Gasteiger partial charge in [-0.15, -0.1) is 0 Å². The number of nitrogens with zero attached hydrogens (tertiary/aromatic N) is 2. The van der Waals surface area contributed by atoms with Gasteiger partial charge in [0.25, 0.3) is 0 Å². The van der Waals surface area contributed by atoms with E-state index in [4.69, 9.17) is 17.3 Å². The molecule has 0 atom stereocenters. The molecule has 17 heavy (non-hydrogen) atoms. The highest BCUT2D eigenvalue weighted by Gasteiger charge is 2.10. The summed E-state index contributed by atoms with van der Waals surface area (Å²) in [6, 6.07) is 6.18. The standard InChI is InChI=1S/C12H11ClFN3/c1-7-4-9(6-15)17-12(16-7)10-3-2-8(13)5-11(10)14/h2-5H,6,15H2,1H3. The van der Waals surface area contributed by atoms with Gasteiger partial charge in [-0.25, -0.2) is 14.4 Å². The molecule has 0 aliphatic heterocycles. The highest BCUT2D eigenvalue weighted by atomic mass is 35.5. The van der Waals surface area contributed by atoms with Gasteiger partial charge in [0.05, 0.1) is 11.3 Å². The lowest BCUT2D eigenvalue weighted by molar-refractivity contribution is 0.629. The largest absolute Gasteiger partial charge is 0.325 e. The Bertz CT molecular complexity index is 557.